The van der Waals surface area contributed by atoms with E-state index in [-0.39, 0.29) is 0 Å². The second-order valence-corrected chi connectivity index (χ2v) is 12.3. The van der Waals surface area contributed by atoms with Crippen molar-refractivity contribution in [1.82, 2.24) is 9.88 Å². The molecule has 1 aromatic carbocycles. The molecule has 0 bridgehead atoms. The van der Waals surface area contributed by atoms with Crippen LogP contribution in [0.3, 0.4) is 0 Å². The topological polar surface area (TPSA) is 73.1 Å². The monoisotopic (exact) mass is 541 g/mol. The summed E-state index contributed by atoms with van der Waals surface area (Å²) in [6.07, 6.45) is 13.0. The van der Waals surface area contributed by atoms with Crippen LogP contribution in [0.15, 0.2) is 40.3 Å². The minimum Gasteiger partial charge on any atom is -0.368 e. The third kappa shape index (κ3) is 6.72. The molecule has 2 unspecified atom stereocenters. The van der Waals surface area contributed by atoms with Gasteiger partial charge < -0.3 is 15.3 Å². The summed E-state index contributed by atoms with van der Waals surface area (Å²) in [5.74, 6) is 1.91. The minimum absolute atomic E-state index is 0.307. The summed E-state index contributed by atoms with van der Waals surface area (Å²) >= 11 is 0. The first-order valence-electron chi connectivity index (χ1n) is 15.4. The van der Waals surface area contributed by atoms with Crippen molar-refractivity contribution in [3.8, 4) is 0 Å². The lowest BCUT2D eigenvalue weighted by Crippen LogP contribution is -2.34. The van der Waals surface area contributed by atoms with Gasteiger partial charge in [0.25, 0.3) is 0 Å². The van der Waals surface area contributed by atoms with Crippen LogP contribution in [0.2, 0.25) is 0 Å². The summed E-state index contributed by atoms with van der Waals surface area (Å²) < 4.78 is 0. The Balaban J connectivity index is 1.38. The average molecular weight is 542 g/mol. The van der Waals surface area contributed by atoms with E-state index in [1.165, 1.54) is 49.9 Å². The van der Waals surface area contributed by atoms with Gasteiger partial charge in [-0.3, -0.25) is 9.98 Å². The van der Waals surface area contributed by atoms with Gasteiger partial charge in [-0.15, -0.1) is 0 Å². The van der Waals surface area contributed by atoms with Crippen molar-refractivity contribution in [3.63, 3.8) is 0 Å². The number of allylic oxidation sites excluding steroid dienone is 2. The number of aromatic nitrogens is 1. The number of rotatable bonds is 10. The van der Waals surface area contributed by atoms with E-state index in [0.29, 0.717) is 30.1 Å². The van der Waals surface area contributed by atoms with Gasteiger partial charge in [-0.25, -0.2) is 4.98 Å². The Bertz CT molecular complexity index is 1270. The van der Waals surface area contributed by atoms with Crippen LogP contribution in [0.4, 0.5) is 11.5 Å². The van der Waals surface area contributed by atoms with E-state index in [1.54, 1.807) is 6.21 Å². The van der Waals surface area contributed by atoms with Gasteiger partial charge in [0.05, 0.1) is 5.69 Å². The molecular weight excluding hydrogens is 494 g/mol. The molecule has 0 amide bonds. The lowest BCUT2D eigenvalue weighted by molar-refractivity contribution is 0.187. The smallest absolute Gasteiger partial charge is 0.174 e. The third-order valence-electron chi connectivity index (χ3n) is 8.77. The van der Waals surface area contributed by atoms with Gasteiger partial charge in [0.1, 0.15) is 5.82 Å². The van der Waals surface area contributed by atoms with Gasteiger partial charge in [-0.05, 0) is 112 Å². The molecule has 1 aliphatic carbocycles. The van der Waals surface area contributed by atoms with Gasteiger partial charge in [0.2, 0.25) is 0 Å². The summed E-state index contributed by atoms with van der Waals surface area (Å²) in [7, 11) is 0. The quantitative estimate of drug-likeness (QED) is 0.308. The number of hydrogen-bond donors (Lipinski definition) is 2. The number of nitrogens with one attached hydrogen (secondary N) is 1. The standard InChI is InChI=1S/C34H47N5O/c1-6-24(21-36-27(7-2)18-22(3)4)31-20-26-12-15-35-34(40)32(26)33(38-31)37-28-8-11-30(23(5)19-28)25-13-16-39(17-14-25)29-9-10-29/h6,8,11,15,19-22,25,27,29,34,40H,7,9-10,12-14,16-18H2,1-5H3,(H,37,38)/b24-6+,36-21?. The van der Waals surface area contributed by atoms with Crippen LogP contribution in [0, 0.1) is 12.8 Å². The maximum Gasteiger partial charge on any atom is 0.174 e. The van der Waals surface area contributed by atoms with E-state index >= 15 is 0 Å². The van der Waals surface area contributed by atoms with Gasteiger partial charge in [-0.2, -0.15) is 0 Å². The van der Waals surface area contributed by atoms with Crippen LogP contribution in [0.5, 0.6) is 0 Å². The van der Waals surface area contributed by atoms with E-state index in [4.69, 9.17) is 9.98 Å². The fourth-order valence-electron chi connectivity index (χ4n) is 6.35. The van der Waals surface area contributed by atoms with Crippen LogP contribution in [-0.4, -0.2) is 52.6 Å². The zero-order valence-electron chi connectivity index (χ0n) is 25.0. The molecule has 2 fully saturated rings. The highest BCUT2D eigenvalue weighted by atomic mass is 16.3. The van der Waals surface area contributed by atoms with E-state index in [9.17, 15) is 5.11 Å². The Morgan fingerprint density at radius 1 is 1.18 bits per heavy atom. The fraction of sp³-hybridized carbons (Fsp3) is 0.559. The number of aliphatic hydroxyl groups excluding tert-OH is 1. The number of anilines is 2. The molecule has 2 aliphatic heterocycles. The first-order chi connectivity index (χ1) is 19.4. The SMILES string of the molecule is C/C=C(\C=NC(CC)CC(C)C)c1cc2c(c(Nc3ccc(C4CCN(C5CC5)CC4)c(C)c3)n1)C(O)N=CC2. The minimum atomic E-state index is -0.914. The van der Waals surface area contributed by atoms with E-state index in [1.807, 2.05) is 13.1 Å². The predicted molar refractivity (Wildman–Crippen MR) is 168 cm³/mol. The number of aliphatic hydroxyl groups is 1. The summed E-state index contributed by atoms with van der Waals surface area (Å²) in [6.45, 7) is 13.4. The first kappa shape index (κ1) is 28.7. The van der Waals surface area contributed by atoms with Gasteiger partial charge in [0.15, 0.2) is 6.23 Å². The molecule has 2 N–H and O–H groups in total. The number of likely N-dealkylation sites (tertiary alicyclic amines) is 1. The number of nitrogens with zero attached hydrogens (tertiary/aromatic N) is 4. The Labute approximate surface area is 240 Å². The van der Waals surface area contributed by atoms with Crippen molar-refractivity contribution in [2.75, 3.05) is 18.4 Å². The molecule has 2 atom stereocenters. The fourth-order valence-corrected chi connectivity index (χ4v) is 6.35. The van der Waals surface area contributed by atoms with E-state index < -0.39 is 6.23 Å². The summed E-state index contributed by atoms with van der Waals surface area (Å²) in [5.41, 5.74) is 7.44. The van der Waals surface area contributed by atoms with Gasteiger partial charge in [-0.1, -0.05) is 32.9 Å². The summed E-state index contributed by atoms with van der Waals surface area (Å²) in [4.78, 5) is 16.9. The average Bonchev–Trinajstić information content (AvgIpc) is 3.78. The molecule has 1 saturated heterocycles. The van der Waals surface area contributed by atoms with Crippen LogP contribution in [-0.2, 0) is 6.42 Å². The van der Waals surface area contributed by atoms with Crippen molar-refractivity contribution in [1.29, 1.82) is 0 Å². The highest BCUT2D eigenvalue weighted by molar-refractivity contribution is 6.09. The summed E-state index contributed by atoms with van der Waals surface area (Å²) in [6, 6.07) is 9.96. The van der Waals surface area contributed by atoms with Crippen molar-refractivity contribution in [2.45, 2.75) is 104 Å². The molecule has 40 heavy (non-hydrogen) atoms. The molecule has 5 rings (SSSR count). The van der Waals surface area contributed by atoms with Crippen LogP contribution >= 0.6 is 0 Å². The number of aliphatic imine (C=N–C) groups is 2. The maximum atomic E-state index is 10.8. The predicted octanol–water partition coefficient (Wildman–Crippen LogP) is 7.39. The molecule has 214 valence electrons. The highest BCUT2D eigenvalue weighted by Gasteiger charge is 2.32. The van der Waals surface area contributed by atoms with Crippen molar-refractivity contribution in [2.24, 2.45) is 15.9 Å². The Morgan fingerprint density at radius 2 is 1.95 bits per heavy atom. The van der Waals surface area contributed by atoms with Crippen molar-refractivity contribution in [3.05, 3.63) is 58.3 Å². The van der Waals surface area contributed by atoms with Crippen LogP contribution < -0.4 is 5.32 Å². The molecule has 6 heteroatoms. The molecule has 3 aliphatic rings. The van der Waals surface area contributed by atoms with Crippen molar-refractivity contribution < 1.29 is 5.11 Å². The van der Waals surface area contributed by atoms with Crippen molar-refractivity contribution >= 4 is 29.5 Å². The van der Waals surface area contributed by atoms with Gasteiger partial charge >= 0.3 is 0 Å². The van der Waals surface area contributed by atoms with E-state index in [0.717, 1.165) is 47.0 Å². The normalized spacial score (nSPS) is 21.3. The second-order valence-electron chi connectivity index (χ2n) is 12.3. The van der Waals surface area contributed by atoms with Crippen LogP contribution in [0.1, 0.15) is 106 Å². The molecular formula is C34H47N5O. The second kappa shape index (κ2) is 12.8. The highest BCUT2D eigenvalue weighted by Crippen LogP contribution is 2.37. The Morgan fingerprint density at radius 3 is 2.60 bits per heavy atom. The third-order valence-corrected chi connectivity index (χ3v) is 8.77. The summed E-state index contributed by atoms with van der Waals surface area (Å²) in [5, 5.41) is 14.4. The lowest BCUT2D eigenvalue weighted by atomic mass is 9.86. The number of pyridine rings is 1. The zero-order valence-corrected chi connectivity index (χ0v) is 25.0. The molecule has 3 heterocycles. The molecule has 1 saturated carbocycles. The molecule has 2 aromatic rings. The molecule has 0 radical (unpaired) electrons. The Kier molecular flexibility index (Phi) is 9.17. The largest absolute Gasteiger partial charge is 0.368 e. The first-order valence-corrected chi connectivity index (χ1v) is 15.4. The zero-order chi connectivity index (χ0) is 28.2. The number of aryl methyl sites for hydroxylation is 1. The molecule has 1 aromatic heterocycles. The number of piperidine rings is 1. The molecule has 0 spiro atoms. The maximum absolute atomic E-state index is 10.8. The number of hydrogen-bond acceptors (Lipinski definition) is 6. The number of benzene rings is 1. The van der Waals surface area contributed by atoms with Gasteiger partial charge in [0, 0.05) is 47.8 Å². The Hall–Kier alpha value is -2.83. The molecule has 6 nitrogen and oxygen atoms in total. The van der Waals surface area contributed by atoms with Crippen LogP contribution in [0.25, 0.3) is 5.57 Å². The number of fused-ring (bicyclic) bond motifs is 1. The van der Waals surface area contributed by atoms with E-state index in [2.05, 4.69) is 73.2 Å². The lowest BCUT2D eigenvalue weighted by Gasteiger charge is -2.33.